The Morgan fingerprint density at radius 3 is 3.00 bits per heavy atom. The van der Waals surface area contributed by atoms with Gasteiger partial charge in [-0.2, -0.15) is 0 Å². The van der Waals surface area contributed by atoms with Crippen LogP contribution in [0.15, 0.2) is 41.6 Å². The minimum absolute atomic E-state index is 0.0659. The van der Waals surface area contributed by atoms with Crippen molar-refractivity contribution in [3.05, 3.63) is 48.0 Å². The van der Waals surface area contributed by atoms with E-state index in [1.165, 1.54) is 0 Å². The molecule has 1 fully saturated rings. The summed E-state index contributed by atoms with van der Waals surface area (Å²) in [7, 11) is 0. The third kappa shape index (κ3) is 2.83. The molecule has 5 heteroatoms. The Morgan fingerprint density at radius 2 is 2.24 bits per heavy atom. The topological polar surface area (TPSA) is 49.0 Å². The van der Waals surface area contributed by atoms with Crippen LogP contribution in [-0.4, -0.2) is 33.6 Å². The van der Waals surface area contributed by atoms with E-state index in [-0.39, 0.29) is 11.9 Å². The summed E-state index contributed by atoms with van der Waals surface area (Å²) in [4.78, 5) is 23.5. The van der Waals surface area contributed by atoms with Gasteiger partial charge in [0.15, 0.2) is 0 Å². The van der Waals surface area contributed by atoms with Crippen LogP contribution in [0.25, 0.3) is 0 Å². The molecule has 0 saturated carbocycles. The zero-order valence-electron chi connectivity index (χ0n) is 12.1. The zero-order valence-corrected chi connectivity index (χ0v) is 12.9. The molecule has 2 aromatic rings. The molecule has 2 heterocycles. The molecule has 1 aromatic heterocycles. The zero-order chi connectivity index (χ0) is 14.7. The number of aromatic nitrogens is 2. The quantitative estimate of drug-likeness (QED) is 0.883. The highest BCUT2D eigenvalue weighted by atomic mass is 32.2. The Balaban J connectivity index is 1.91. The van der Waals surface area contributed by atoms with Crippen molar-refractivity contribution in [1.29, 1.82) is 0 Å². The van der Waals surface area contributed by atoms with Crippen molar-refractivity contribution in [3.8, 4) is 0 Å². The molecule has 1 saturated heterocycles. The first-order chi connectivity index (χ1) is 10.3. The summed E-state index contributed by atoms with van der Waals surface area (Å²) in [6.45, 7) is 0.799. The summed E-state index contributed by atoms with van der Waals surface area (Å²) in [5.74, 6) is 1.01. The Hall–Kier alpha value is -1.75. The van der Waals surface area contributed by atoms with Gasteiger partial charge in [0, 0.05) is 23.8 Å². The van der Waals surface area contributed by atoms with Gasteiger partial charge in [-0.25, -0.2) is 4.98 Å². The summed E-state index contributed by atoms with van der Waals surface area (Å²) in [6, 6.07) is 7.89. The fourth-order valence-corrected chi connectivity index (χ4v) is 3.48. The van der Waals surface area contributed by atoms with Crippen LogP contribution in [0.4, 0.5) is 0 Å². The number of nitrogens with one attached hydrogen (secondary N) is 1. The number of carbonyl (C=O) groups excluding carboxylic acids is 1. The van der Waals surface area contributed by atoms with E-state index in [1.54, 1.807) is 18.0 Å². The van der Waals surface area contributed by atoms with Gasteiger partial charge in [0.25, 0.3) is 5.91 Å². The van der Waals surface area contributed by atoms with Crippen LogP contribution in [-0.2, 0) is 0 Å². The van der Waals surface area contributed by atoms with Crippen molar-refractivity contribution in [2.45, 2.75) is 30.2 Å². The van der Waals surface area contributed by atoms with E-state index in [1.807, 2.05) is 41.6 Å². The lowest BCUT2D eigenvalue weighted by Gasteiger charge is -2.35. The second-order valence-electron chi connectivity index (χ2n) is 5.18. The van der Waals surface area contributed by atoms with Crippen LogP contribution < -0.4 is 0 Å². The Kier molecular flexibility index (Phi) is 4.29. The number of hydrogen-bond acceptors (Lipinski definition) is 3. The van der Waals surface area contributed by atoms with E-state index in [0.29, 0.717) is 0 Å². The number of H-pyrrole nitrogens is 1. The van der Waals surface area contributed by atoms with Crippen LogP contribution in [0, 0.1) is 0 Å². The lowest BCUT2D eigenvalue weighted by atomic mass is 10.00. The number of likely N-dealkylation sites (tertiary alicyclic amines) is 1. The lowest BCUT2D eigenvalue weighted by molar-refractivity contribution is 0.0597. The first kappa shape index (κ1) is 14.2. The number of amides is 1. The normalized spacial score (nSPS) is 18.7. The minimum Gasteiger partial charge on any atom is -0.347 e. The average Bonchev–Trinajstić information content (AvgIpc) is 3.08. The SMILES string of the molecule is CSc1ccccc1C(=O)N1CCCCC1c1ncc[nH]1. The number of thioether (sulfide) groups is 1. The van der Waals surface area contributed by atoms with Crippen LogP contribution in [0.1, 0.15) is 41.5 Å². The smallest absolute Gasteiger partial charge is 0.255 e. The van der Waals surface area contributed by atoms with Crippen LogP contribution >= 0.6 is 11.8 Å². The van der Waals surface area contributed by atoms with Crippen LogP contribution in [0.3, 0.4) is 0 Å². The molecule has 1 aliphatic heterocycles. The molecule has 3 rings (SSSR count). The first-order valence-corrected chi connectivity index (χ1v) is 8.47. The number of imidazole rings is 1. The van der Waals surface area contributed by atoms with Crippen molar-refractivity contribution in [2.24, 2.45) is 0 Å². The minimum atomic E-state index is 0.0659. The molecule has 1 atom stereocenters. The van der Waals surface area contributed by atoms with Crippen molar-refractivity contribution >= 4 is 17.7 Å². The largest absolute Gasteiger partial charge is 0.347 e. The van der Waals surface area contributed by atoms with Gasteiger partial charge in [-0.15, -0.1) is 11.8 Å². The number of nitrogens with zero attached hydrogens (tertiary/aromatic N) is 2. The molecule has 21 heavy (non-hydrogen) atoms. The molecule has 0 radical (unpaired) electrons. The van der Waals surface area contributed by atoms with Gasteiger partial charge in [-0.1, -0.05) is 12.1 Å². The molecule has 0 aliphatic carbocycles. The molecule has 4 nitrogen and oxygen atoms in total. The number of piperidine rings is 1. The van der Waals surface area contributed by atoms with Crippen molar-refractivity contribution in [2.75, 3.05) is 12.8 Å². The lowest BCUT2D eigenvalue weighted by Crippen LogP contribution is -2.39. The molecule has 0 spiro atoms. The molecule has 1 N–H and O–H groups in total. The fraction of sp³-hybridized carbons (Fsp3) is 0.375. The van der Waals surface area contributed by atoms with E-state index >= 15 is 0 Å². The molecule has 1 unspecified atom stereocenters. The summed E-state index contributed by atoms with van der Waals surface area (Å²) < 4.78 is 0. The molecule has 1 aliphatic rings. The number of aromatic amines is 1. The van der Waals surface area contributed by atoms with Gasteiger partial charge in [0.1, 0.15) is 5.82 Å². The van der Waals surface area contributed by atoms with E-state index in [2.05, 4.69) is 9.97 Å². The highest BCUT2D eigenvalue weighted by Crippen LogP contribution is 2.31. The number of hydrogen-bond donors (Lipinski definition) is 1. The molecular weight excluding hydrogens is 282 g/mol. The van der Waals surface area contributed by atoms with E-state index in [0.717, 1.165) is 42.1 Å². The standard InChI is InChI=1S/C16H19N3OS/c1-21-14-8-3-2-6-12(14)16(20)19-11-5-4-7-13(19)15-17-9-10-18-15/h2-3,6,8-10,13H,4-5,7,11H2,1H3,(H,17,18). The first-order valence-electron chi connectivity index (χ1n) is 7.24. The van der Waals surface area contributed by atoms with Crippen LogP contribution in [0.5, 0.6) is 0 Å². The van der Waals surface area contributed by atoms with Gasteiger partial charge >= 0.3 is 0 Å². The maximum Gasteiger partial charge on any atom is 0.255 e. The third-order valence-electron chi connectivity index (χ3n) is 3.94. The predicted molar refractivity (Wildman–Crippen MR) is 84.4 cm³/mol. The predicted octanol–water partition coefficient (Wildman–Crippen LogP) is 3.50. The Morgan fingerprint density at radius 1 is 1.38 bits per heavy atom. The van der Waals surface area contributed by atoms with E-state index < -0.39 is 0 Å². The van der Waals surface area contributed by atoms with E-state index in [4.69, 9.17) is 0 Å². The maximum atomic E-state index is 13.0. The van der Waals surface area contributed by atoms with Crippen LogP contribution in [0.2, 0.25) is 0 Å². The van der Waals surface area contributed by atoms with Gasteiger partial charge in [-0.3, -0.25) is 4.79 Å². The fourth-order valence-electron chi connectivity index (χ4n) is 2.89. The van der Waals surface area contributed by atoms with E-state index in [9.17, 15) is 4.79 Å². The van der Waals surface area contributed by atoms with Gasteiger partial charge < -0.3 is 9.88 Å². The van der Waals surface area contributed by atoms with Gasteiger partial charge in [0.2, 0.25) is 0 Å². The van der Waals surface area contributed by atoms with Crippen molar-refractivity contribution in [1.82, 2.24) is 14.9 Å². The second kappa shape index (κ2) is 6.35. The molecule has 110 valence electrons. The van der Waals surface area contributed by atoms with Gasteiger partial charge in [0.05, 0.1) is 11.6 Å². The summed E-state index contributed by atoms with van der Waals surface area (Å²) in [5.41, 5.74) is 0.795. The molecule has 0 bridgehead atoms. The maximum absolute atomic E-state index is 13.0. The van der Waals surface area contributed by atoms with Crippen molar-refractivity contribution in [3.63, 3.8) is 0 Å². The molecule has 1 aromatic carbocycles. The summed E-state index contributed by atoms with van der Waals surface area (Å²) in [6.07, 6.45) is 8.75. The van der Waals surface area contributed by atoms with Gasteiger partial charge in [-0.05, 0) is 37.7 Å². The number of carbonyl (C=O) groups is 1. The number of benzene rings is 1. The molecule has 1 amide bonds. The summed E-state index contributed by atoms with van der Waals surface area (Å²) in [5, 5.41) is 0. The monoisotopic (exact) mass is 301 g/mol. The highest BCUT2D eigenvalue weighted by molar-refractivity contribution is 7.98. The third-order valence-corrected chi connectivity index (χ3v) is 4.73. The second-order valence-corrected chi connectivity index (χ2v) is 6.03. The highest BCUT2D eigenvalue weighted by Gasteiger charge is 2.30. The average molecular weight is 301 g/mol. The summed E-state index contributed by atoms with van der Waals surface area (Å²) >= 11 is 1.62. The number of rotatable bonds is 3. The Bertz CT molecular complexity index is 612. The molecular formula is C16H19N3OS. The van der Waals surface area contributed by atoms with Crippen molar-refractivity contribution < 1.29 is 4.79 Å². The Labute approximate surface area is 129 Å².